The van der Waals surface area contributed by atoms with Crippen LogP contribution in [-0.2, 0) is 30.3 Å². The van der Waals surface area contributed by atoms with Gasteiger partial charge in [-0.25, -0.2) is 4.79 Å². The Morgan fingerprint density at radius 2 is 1.60 bits per heavy atom. The number of ether oxygens (including phenoxy) is 1. The van der Waals surface area contributed by atoms with Gasteiger partial charge in [-0.2, -0.15) is 0 Å². The van der Waals surface area contributed by atoms with E-state index < -0.39 is 12.1 Å². The van der Waals surface area contributed by atoms with Gasteiger partial charge >= 0.3 is 5.97 Å². The maximum absolute atomic E-state index is 14.0. The van der Waals surface area contributed by atoms with Crippen molar-refractivity contribution < 1.29 is 23.9 Å². The molecule has 2 saturated heterocycles. The van der Waals surface area contributed by atoms with Gasteiger partial charge in [-0.05, 0) is 95.2 Å². The van der Waals surface area contributed by atoms with Crippen LogP contribution >= 0.6 is 0 Å². The van der Waals surface area contributed by atoms with Crippen LogP contribution in [0, 0.1) is 11.8 Å². The quantitative estimate of drug-likeness (QED) is 0.253. The molecule has 260 valence electrons. The molecule has 4 rings (SSSR count). The molecule has 0 spiro atoms. The zero-order chi connectivity index (χ0) is 34.4. The number of hydrogen-bond donors (Lipinski definition) is 1. The van der Waals surface area contributed by atoms with Crippen molar-refractivity contribution in [3.8, 4) is 0 Å². The van der Waals surface area contributed by atoms with E-state index in [2.05, 4.69) is 30.1 Å². The fraction of sp³-hybridized carbons (Fsp3) is 0.684. The SMILES string of the molecule is C/C(=C\[C@H](C(C)C)N(C)C(=O)C(NC(=O)[C@H]1CCCCN1C(C)C)C(C)C)C(=O)N1CCCC1C(=O)O[C@H]1CCCc2ccccc21. The third kappa shape index (κ3) is 8.64. The van der Waals surface area contributed by atoms with E-state index in [4.69, 9.17) is 4.74 Å². The molecular formula is C38H58N4O5. The molecule has 0 bridgehead atoms. The molecule has 9 heteroatoms. The van der Waals surface area contributed by atoms with Crippen molar-refractivity contribution in [1.82, 2.24) is 20.0 Å². The number of benzene rings is 1. The largest absolute Gasteiger partial charge is 0.456 e. The van der Waals surface area contributed by atoms with E-state index in [1.807, 2.05) is 52.0 Å². The Hall–Kier alpha value is -3.20. The summed E-state index contributed by atoms with van der Waals surface area (Å²) in [7, 11) is 1.75. The van der Waals surface area contributed by atoms with Gasteiger partial charge in [-0.3, -0.25) is 19.3 Å². The monoisotopic (exact) mass is 650 g/mol. The molecule has 1 aromatic carbocycles. The zero-order valence-corrected chi connectivity index (χ0v) is 30.0. The number of carbonyl (C=O) groups excluding carboxylic acids is 4. The highest BCUT2D eigenvalue weighted by Gasteiger charge is 2.39. The molecule has 5 atom stereocenters. The summed E-state index contributed by atoms with van der Waals surface area (Å²) in [6.07, 6.45) is 8.47. The number of esters is 1. The molecule has 2 fully saturated rings. The number of nitrogens with zero attached hydrogens (tertiary/aromatic N) is 3. The molecule has 47 heavy (non-hydrogen) atoms. The third-order valence-electron chi connectivity index (χ3n) is 10.3. The van der Waals surface area contributed by atoms with Crippen molar-refractivity contribution in [2.75, 3.05) is 20.1 Å². The Balaban J connectivity index is 1.45. The predicted octanol–water partition coefficient (Wildman–Crippen LogP) is 5.43. The first-order valence-electron chi connectivity index (χ1n) is 17.9. The fourth-order valence-corrected chi connectivity index (χ4v) is 7.59. The number of likely N-dealkylation sites (tertiary alicyclic amines) is 2. The van der Waals surface area contributed by atoms with Crippen molar-refractivity contribution in [3.63, 3.8) is 0 Å². The van der Waals surface area contributed by atoms with Crippen LogP contribution < -0.4 is 5.32 Å². The summed E-state index contributed by atoms with van der Waals surface area (Å²) in [6, 6.07) is 6.45. The summed E-state index contributed by atoms with van der Waals surface area (Å²) in [5, 5.41) is 3.11. The van der Waals surface area contributed by atoms with E-state index in [0.29, 0.717) is 18.5 Å². The van der Waals surface area contributed by atoms with Crippen LogP contribution in [0.1, 0.15) is 111 Å². The van der Waals surface area contributed by atoms with Crippen LogP contribution in [0.5, 0.6) is 0 Å². The molecule has 2 unspecified atom stereocenters. The second-order valence-corrected chi connectivity index (χ2v) is 14.8. The Morgan fingerprint density at radius 3 is 2.28 bits per heavy atom. The summed E-state index contributed by atoms with van der Waals surface area (Å²) in [4.78, 5) is 60.4. The smallest absolute Gasteiger partial charge is 0.329 e. The van der Waals surface area contributed by atoms with Gasteiger partial charge in [0.25, 0.3) is 0 Å². The highest BCUT2D eigenvalue weighted by atomic mass is 16.5. The second kappa shape index (κ2) is 16.3. The van der Waals surface area contributed by atoms with E-state index in [1.165, 1.54) is 5.56 Å². The molecule has 3 amide bonds. The molecule has 2 heterocycles. The standard InChI is InChI=1S/C38H58N4O5/c1-24(2)32(40(8)37(45)34(25(3)4)39-35(43)30-18-11-12-21-41(30)26(5)6)23-27(7)36(44)42-22-14-19-31(42)38(46)47-33-20-13-16-28-15-9-10-17-29(28)33/h9-10,15,17,23-26,30-34H,11-14,16,18-22H2,1-8H3,(H,39,43)/b27-23+/t30-,31?,32-,33+,34?/m1/s1. The average molecular weight is 651 g/mol. The van der Waals surface area contributed by atoms with Crippen LogP contribution in [0.15, 0.2) is 35.9 Å². The van der Waals surface area contributed by atoms with Crippen LogP contribution in [-0.4, -0.2) is 88.7 Å². The van der Waals surface area contributed by atoms with Crippen molar-refractivity contribution in [3.05, 3.63) is 47.0 Å². The molecule has 0 aromatic heterocycles. The van der Waals surface area contributed by atoms with E-state index in [9.17, 15) is 19.2 Å². The summed E-state index contributed by atoms with van der Waals surface area (Å²) in [6.45, 7) is 15.3. The Labute approximate surface area is 282 Å². The topological polar surface area (TPSA) is 99.3 Å². The Bertz CT molecular complexity index is 1310. The summed E-state index contributed by atoms with van der Waals surface area (Å²) in [5.74, 6) is -0.925. The average Bonchev–Trinajstić information content (AvgIpc) is 3.55. The highest BCUT2D eigenvalue weighted by molar-refractivity contribution is 5.96. The zero-order valence-electron chi connectivity index (χ0n) is 30.0. The predicted molar refractivity (Wildman–Crippen MR) is 184 cm³/mol. The molecule has 0 radical (unpaired) electrons. The molecule has 1 aromatic rings. The summed E-state index contributed by atoms with van der Waals surface area (Å²) < 4.78 is 6.05. The van der Waals surface area contributed by atoms with E-state index in [0.717, 1.165) is 57.1 Å². The van der Waals surface area contributed by atoms with Gasteiger partial charge in [-0.15, -0.1) is 0 Å². The lowest BCUT2D eigenvalue weighted by Crippen LogP contribution is -2.58. The maximum Gasteiger partial charge on any atom is 0.329 e. The van der Waals surface area contributed by atoms with Gasteiger partial charge in [0.2, 0.25) is 17.7 Å². The molecule has 1 aliphatic carbocycles. The first-order valence-corrected chi connectivity index (χ1v) is 17.9. The first kappa shape index (κ1) is 36.6. The molecule has 3 aliphatic rings. The molecule has 1 N–H and O–H groups in total. The first-order chi connectivity index (χ1) is 22.3. The van der Waals surface area contributed by atoms with Gasteiger partial charge in [0.05, 0.1) is 12.1 Å². The van der Waals surface area contributed by atoms with Crippen molar-refractivity contribution in [2.45, 2.75) is 136 Å². The van der Waals surface area contributed by atoms with Gasteiger partial charge in [0, 0.05) is 25.2 Å². The number of hydrogen-bond acceptors (Lipinski definition) is 6. The number of amides is 3. The fourth-order valence-electron chi connectivity index (χ4n) is 7.59. The van der Waals surface area contributed by atoms with E-state index in [-0.39, 0.29) is 59.8 Å². The van der Waals surface area contributed by atoms with E-state index >= 15 is 0 Å². The minimum absolute atomic E-state index is 0.00991. The number of fused-ring (bicyclic) bond motifs is 1. The van der Waals surface area contributed by atoms with Crippen molar-refractivity contribution in [2.24, 2.45) is 11.8 Å². The second-order valence-electron chi connectivity index (χ2n) is 14.8. The number of aryl methyl sites for hydroxylation is 1. The minimum atomic E-state index is -0.684. The molecule has 0 saturated carbocycles. The lowest BCUT2D eigenvalue weighted by Gasteiger charge is -2.39. The van der Waals surface area contributed by atoms with Crippen LogP contribution in [0.25, 0.3) is 0 Å². The number of nitrogens with one attached hydrogen (secondary N) is 1. The van der Waals surface area contributed by atoms with Crippen LogP contribution in [0.3, 0.4) is 0 Å². The van der Waals surface area contributed by atoms with Crippen molar-refractivity contribution in [1.29, 1.82) is 0 Å². The number of carbonyl (C=O) groups is 4. The highest BCUT2D eigenvalue weighted by Crippen LogP contribution is 2.34. The number of likely N-dealkylation sites (N-methyl/N-ethyl adjacent to an activating group) is 1. The Kier molecular flexibility index (Phi) is 12.7. The number of piperidine rings is 1. The number of rotatable bonds is 11. The van der Waals surface area contributed by atoms with Gasteiger partial charge < -0.3 is 19.9 Å². The van der Waals surface area contributed by atoms with Gasteiger partial charge in [-0.1, -0.05) is 64.5 Å². The third-order valence-corrected chi connectivity index (χ3v) is 10.3. The minimum Gasteiger partial charge on any atom is -0.456 e. The van der Waals surface area contributed by atoms with Crippen molar-refractivity contribution >= 4 is 23.7 Å². The Morgan fingerprint density at radius 1 is 0.894 bits per heavy atom. The van der Waals surface area contributed by atoms with Gasteiger partial charge in [0.1, 0.15) is 18.2 Å². The normalized spacial score (nSPS) is 23.4. The lowest BCUT2D eigenvalue weighted by molar-refractivity contribution is -0.158. The molecular weight excluding hydrogens is 592 g/mol. The lowest BCUT2D eigenvalue weighted by atomic mass is 9.89. The molecule has 9 nitrogen and oxygen atoms in total. The van der Waals surface area contributed by atoms with Crippen LogP contribution in [0.2, 0.25) is 0 Å². The molecule has 2 aliphatic heterocycles. The summed E-state index contributed by atoms with van der Waals surface area (Å²) >= 11 is 0. The van der Waals surface area contributed by atoms with E-state index in [1.54, 1.807) is 23.8 Å². The van der Waals surface area contributed by atoms with Gasteiger partial charge in [0.15, 0.2) is 0 Å². The summed E-state index contributed by atoms with van der Waals surface area (Å²) in [5.41, 5.74) is 2.78. The van der Waals surface area contributed by atoms with Crippen LogP contribution in [0.4, 0.5) is 0 Å². The maximum atomic E-state index is 14.0.